The van der Waals surface area contributed by atoms with Crippen LogP contribution in [0.15, 0.2) is 27.8 Å². The van der Waals surface area contributed by atoms with Crippen molar-refractivity contribution in [1.82, 2.24) is 4.98 Å². The van der Waals surface area contributed by atoms with E-state index in [1.165, 1.54) is 0 Å². The maximum absolute atomic E-state index is 11.9. The topological polar surface area (TPSA) is 26.0 Å². The van der Waals surface area contributed by atoms with E-state index < -0.39 is 6.43 Å². The number of fused-ring (bicyclic) bond motifs is 1. The molecule has 2 nitrogen and oxygen atoms in total. The van der Waals surface area contributed by atoms with Gasteiger partial charge in [-0.05, 0) is 18.2 Å². The molecule has 0 aliphatic heterocycles. The lowest BCUT2D eigenvalue weighted by Crippen LogP contribution is -1.92. The molecule has 0 fully saturated rings. The van der Waals surface area contributed by atoms with Crippen LogP contribution in [0.5, 0.6) is 0 Å². The molecule has 0 aliphatic rings. The summed E-state index contributed by atoms with van der Waals surface area (Å²) in [5, 5.41) is 0.786. The molecule has 6 heteroatoms. The molecule has 0 atom stereocenters. The Bertz CT molecular complexity index is 474. The number of benzene rings is 1. The quantitative estimate of drug-likeness (QED) is 0.773. The fourth-order valence-corrected chi connectivity index (χ4v) is 1.82. The molecule has 1 aromatic carbocycles. The second-order valence-corrected chi connectivity index (χ2v) is 4.20. The molecule has 0 N–H and O–H groups in total. The maximum Gasteiger partial charge on any atom is 0.256 e. The van der Waals surface area contributed by atoms with Gasteiger partial charge in [0.1, 0.15) is 5.52 Å². The highest BCUT2D eigenvalue weighted by Crippen LogP contribution is 2.26. The highest BCUT2D eigenvalue weighted by atomic mass is 35.5. The molecule has 0 bridgehead atoms. The van der Waals surface area contributed by atoms with Gasteiger partial charge in [0.05, 0.1) is 5.75 Å². The zero-order valence-corrected chi connectivity index (χ0v) is 8.99. The minimum Gasteiger partial charge on any atom is -0.431 e. The Balaban J connectivity index is 2.23. The van der Waals surface area contributed by atoms with E-state index in [0.717, 1.165) is 11.8 Å². The molecular formula is C9H6ClF2NOS. The van der Waals surface area contributed by atoms with Crippen LogP contribution in [-0.4, -0.2) is 17.2 Å². The molecule has 0 amide bonds. The molecule has 0 aliphatic carbocycles. The Hall–Kier alpha value is -0.810. The van der Waals surface area contributed by atoms with Crippen LogP contribution in [-0.2, 0) is 0 Å². The molecular weight excluding hydrogens is 244 g/mol. The summed E-state index contributed by atoms with van der Waals surface area (Å²) in [5.74, 6) is -0.319. The van der Waals surface area contributed by atoms with Gasteiger partial charge in [-0.25, -0.2) is 13.8 Å². The Kier molecular flexibility index (Phi) is 3.11. The van der Waals surface area contributed by atoms with E-state index in [4.69, 9.17) is 16.0 Å². The van der Waals surface area contributed by atoms with Crippen molar-refractivity contribution in [3.05, 3.63) is 23.2 Å². The standard InChI is InChI=1S/C9H6ClF2NOS/c10-5-1-2-7-6(3-5)13-9(14-7)15-4-8(11)12/h1-3,8H,4H2. The van der Waals surface area contributed by atoms with Crippen molar-refractivity contribution < 1.29 is 13.2 Å². The third-order valence-corrected chi connectivity index (χ3v) is 2.74. The second kappa shape index (κ2) is 4.37. The van der Waals surface area contributed by atoms with E-state index in [2.05, 4.69) is 4.98 Å². The van der Waals surface area contributed by atoms with E-state index in [9.17, 15) is 8.78 Å². The van der Waals surface area contributed by atoms with Crippen molar-refractivity contribution in [3.8, 4) is 0 Å². The monoisotopic (exact) mass is 249 g/mol. The number of oxazole rings is 1. The van der Waals surface area contributed by atoms with Gasteiger partial charge in [-0.15, -0.1) is 0 Å². The number of hydrogen-bond donors (Lipinski definition) is 0. The van der Waals surface area contributed by atoms with Gasteiger partial charge in [-0.3, -0.25) is 0 Å². The van der Waals surface area contributed by atoms with Gasteiger partial charge < -0.3 is 4.42 Å². The predicted molar refractivity (Wildman–Crippen MR) is 55.7 cm³/mol. The molecule has 0 saturated carbocycles. The summed E-state index contributed by atoms with van der Waals surface area (Å²) in [6.07, 6.45) is -2.37. The molecule has 1 aromatic heterocycles. The van der Waals surface area contributed by atoms with Gasteiger partial charge >= 0.3 is 0 Å². The van der Waals surface area contributed by atoms with Crippen LogP contribution in [0, 0.1) is 0 Å². The van der Waals surface area contributed by atoms with Crippen LogP contribution in [0.1, 0.15) is 0 Å². The zero-order chi connectivity index (χ0) is 10.8. The minimum atomic E-state index is -2.37. The van der Waals surface area contributed by atoms with Crippen LogP contribution >= 0.6 is 23.4 Å². The fraction of sp³-hybridized carbons (Fsp3) is 0.222. The molecule has 0 saturated heterocycles. The first-order chi connectivity index (χ1) is 7.15. The number of aromatic nitrogens is 1. The fourth-order valence-electron chi connectivity index (χ4n) is 1.08. The number of hydrogen-bond acceptors (Lipinski definition) is 3. The van der Waals surface area contributed by atoms with E-state index in [-0.39, 0.29) is 11.0 Å². The smallest absolute Gasteiger partial charge is 0.256 e. The summed E-state index contributed by atoms with van der Waals surface area (Å²) >= 11 is 6.64. The molecule has 15 heavy (non-hydrogen) atoms. The lowest BCUT2D eigenvalue weighted by atomic mass is 10.3. The van der Waals surface area contributed by atoms with Crippen molar-refractivity contribution in [1.29, 1.82) is 0 Å². The van der Waals surface area contributed by atoms with Crippen molar-refractivity contribution in [3.63, 3.8) is 0 Å². The Labute approximate surface area is 93.6 Å². The van der Waals surface area contributed by atoms with Gasteiger partial charge in [0.2, 0.25) is 6.43 Å². The predicted octanol–water partition coefficient (Wildman–Crippen LogP) is 3.84. The average Bonchev–Trinajstić information content (AvgIpc) is 2.56. The molecule has 2 aromatic rings. The lowest BCUT2D eigenvalue weighted by molar-refractivity contribution is 0.176. The van der Waals surface area contributed by atoms with Crippen LogP contribution in [0.2, 0.25) is 5.02 Å². The SMILES string of the molecule is FC(F)CSc1nc2cc(Cl)ccc2o1. The van der Waals surface area contributed by atoms with Gasteiger partial charge in [0, 0.05) is 5.02 Å². The highest BCUT2D eigenvalue weighted by molar-refractivity contribution is 7.99. The van der Waals surface area contributed by atoms with E-state index >= 15 is 0 Å². The minimum absolute atomic E-state index is 0.243. The van der Waals surface area contributed by atoms with E-state index in [1.807, 2.05) is 0 Å². The number of rotatable bonds is 3. The number of thioether (sulfide) groups is 1. The van der Waals surface area contributed by atoms with Crippen LogP contribution in [0.25, 0.3) is 11.1 Å². The first-order valence-corrected chi connectivity index (χ1v) is 5.48. The maximum atomic E-state index is 11.9. The summed E-state index contributed by atoms with van der Waals surface area (Å²) in [5.41, 5.74) is 1.13. The molecule has 0 unspecified atom stereocenters. The van der Waals surface area contributed by atoms with Gasteiger partial charge in [0.15, 0.2) is 5.58 Å². The van der Waals surface area contributed by atoms with Gasteiger partial charge in [0.25, 0.3) is 5.22 Å². The number of alkyl halides is 2. The van der Waals surface area contributed by atoms with E-state index in [0.29, 0.717) is 16.1 Å². The van der Waals surface area contributed by atoms with Crippen LogP contribution < -0.4 is 0 Å². The molecule has 0 spiro atoms. The Morgan fingerprint density at radius 2 is 2.27 bits per heavy atom. The number of nitrogens with zero attached hydrogens (tertiary/aromatic N) is 1. The highest BCUT2D eigenvalue weighted by Gasteiger charge is 2.10. The van der Waals surface area contributed by atoms with Crippen LogP contribution in [0.4, 0.5) is 8.78 Å². The Morgan fingerprint density at radius 1 is 1.47 bits per heavy atom. The summed E-state index contributed by atoms with van der Waals surface area (Å²) < 4.78 is 29.1. The third-order valence-electron chi connectivity index (χ3n) is 1.66. The van der Waals surface area contributed by atoms with Crippen LogP contribution in [0.3, 0.4) is 0 Å². The molecule has 80 valence electrons. The lowest BCUT2D eigenvalue weighted by Gasteiger charge is -1.92. The average molecular weight is 250 g/mol. The summed E-state index contributed by atoms with van der Waals surface area (Å²) in [6, 6.07) is 4.96. The first kappa shape index (κ1) is 10.7. The molecule has 1 heterocycles. The normalized spacial score (nSPS) is 11.5. The second-order valence-electron chi connectivity index (χ2n) is 2.79. The third kappa shape index (κ3) is 2.60. The van der Waals surface area contributed by atoms with Crippen molar-refractivity contribution in [2.45, 2.75) is 11.6 Å². The van der Waals surface area contributed by atoms with Crippen molar-refractivity contribution in [2.24, 2.45) is 0 Å². The summed E-state index contributed by atoms with van der Waals surface area (Å²) in [4.78, 5) is 4.02. The molecule has 2 rings (SSSR count). The van der Waals surface area contributed by atoms with E-state index in [1.54, 1.807) is 18.2 Å². The van der Waals surface area contributed by atoms with Crippen molar-refractivity contribution >= 4 is 34.5 Å². The Morgan fingerprint density at radius 3 is 3.00 bits per heavy atom. The van der Waals surface area contributed by atoms with Gasteiger partial charge in [-0.1, -0.05) is 23.4 Å². The molecule has 0 radical (unpaired) electrons. The number of halogens is 3. The van der Waals surface area contributed by atoms with Gasteiger partial charge in [-0.2, -0.15) is 0 Å². The first-order valence-electron chi connectivity index (χ1n) is 4.12. The zero-order valence-electron chi connectivity index (χ0n) is 7.41. The summed E-state index contributed by atoms with van der Waals surface area (Å²) in [7, 11) is 0. The summed E-state index contributed by atoms with van der Waals surface area (Å²) in [6.45, 7) is 0. The van der Waals surface area contributed by atoms with Crippen molar-refractivity contribution in [2.75, 3.05) is 5.75 Å². The largest absolute Gasteiger partial charge is 0.431 e.